The maximum Gasteiger partial charge on any atom is 0.460 e. The van der Waals surface area contributed by atoms with Crippen molar-refractivity contribution in [2.75, 3.05) is 0 Å². The first kappa shape index (κ1) is 46.8. The molecule has 0 bridgehead atoms. The van der Waals surface area contributed by atoms with Gasteiger partial charge in [0.1, 0.15) is 0 Å². The second kappa shape index (κ2) is 11.4. The molecule has 0 atom stereocenters. The van der Waals surface area contributed by atoms with Gasteiger partial charge in [0.05, 0.1) is 0 Å². The summed E-state index contributed by atoms with van der Waals surface area (Å²) in [6.07, 6.45) is -12.7. The normalized spacial score (nSPS) is 17.1. The molecule has 0 radical (unpaired) electrons. The van der Waals surface area contributed by atoms with E-state index in [2.05, 4.69) is 0 Å². The second-order valence-electron chi connectivity index (χ2n) is 9.42. The molecule has 0 amide bonds. The molecule has 0 aromatic rings. The third-order valence-electron chi connectivity index (χ3n) is 6.11. The van der Waals surface area contributed by atoms with Crippen molar-refractivity contribution >= 4 is 0 Å². The number of halogens is 31. The van der Waals surface area contributed by atoms with Crippen molar-refractivity contribution in [1.82, 2.24) is 0 Å². The third kappa shape index (κ3) is 5.39. The van der Waals surface area contributed by atoms with Gasteiger partial charge < -0.3 is 0 Å². The first-order valence-electron chi connectivity index (χ1n) is 10.9. The van der Waals surface area contributed by atoms with Gasteiger partial charge in [0.2, 0.25) is 0 Å². The van der Waals surface area contributed by atoms with Crippen LogP contribution >= 0.6 is 0 Å². The third-order valence-corrected chi connectivity index (χ3v) is 6.11. The van der Waals surface area contributed by atoms with Gasteiger partial charge >= 0.3 is 89.1 Å². The Bertz CT molecular complexity index is 1180. The Hall–Kier alpha value is -2.17. The lowest BCUT2D eigenvalue weighted by atomic mass is 9.83. The van der Waals surface area contributed by atoms with E-state index in [0.717, 1.165) is 0 Å². The molecule has 0 aliphatic carbocycles. The molecule has 0 nitrogen and oxygen atoms in total. The van der Waals surface area contributed by atoms with Crippen LogP contribution in [0, 0.1) is 0 Å². The van der Waals surface area contributed by atoms with Gasteiger partial charge in [0, 0.05) is 6.42 Å². The second-order valence-corrected chi connectivity index (χ2v) is 9.42. The monoisotopic (exact) mass is 812 g/mol. The van der Waals surface area contributed by atoms with Crippen molar-refractivity contribution < 1.29 is 136 Å². The Labute approximate surface area is 246 Å². The SMILES string of the molecule is CCCC(F)(F)C(F)(F)C(F)(F)C(F)(F)C(F)(F)C(F)(F)C(F)(F)C(F)(F)C(F)(F)C(F)(F)C(F)(F)C(F)(F)C(F)(F)C(F)(F)C(F)(F)F. The predicted molar refractivity (Wildman–Crippen MR) is 90.2 cm³/mol. The minimum absolute atomic E-state index is 0.296. The summed E-state index contributed by atoms with van der Waals surface area (Å²) >= 11 is 0. The molecule has 0 rings (SSSR count). The van der Waals surface area contributed by atoms with E-state index in [1.54, 1.807) is 0 Å². The molecule has 0 saturated heterocycles. The zero-order chi connectivity index (χ0) is 40.9. The first-order valence-corrected chi connectivity index (χ1v) is 10.9. The summed E-state index contributed by atoms with van der Waals surface area (Å²) < 4.78 is 415. The van der Waals surface area contributed by atoms with Crippen LogP contribution in [0.25, 0.3) is 0 Å². The fourth-order valence-electron chi connectivity index (χ4n) is 3.05. The molecule has 0 unspecified atom stereocenters. The van der Waals surface area contributed by atoms with Gasteiger partial charge in [-0.1, -0.05) is 13.3 Å². The lowest BCUT2D eigenvalue weighted by Gasteiger charge is -2.46. The maximum absolute atomic E-state index is 13.8. The van der Waals surface area contributed by atoms with Crippen LogP contribution in [-0.4, -0.2) is 89.1 Å². The summed E-state index contributed by atoms with van der Waals surface area (Å²) in [7, 11) is 0. The van der Waals surface area contributed by atoms with Crippen LogP contribution in [0.1, 0.15) is 19.8 Å². The molecule has 0 spiro atoms. The van der Waals surface area contributed by atoms with Crippen molar-refractivity contribution in [3.63, 3.8) is 0 Å². The summed E-state index contributed by atoms with van der Waals surface area (Å²) in [5.41, 5.74) is 0. The topological polar surface area (TPSA) is 0 Å². The summed E-state index contributed by atoms with van der Waals surface area (Å²) in [4.78, 5) is 0. The van der Waals surface area contributed by atoms with E-state index in [9.17, 15) is 136 Å². The number of hydrogen-bond donors (Lipinski definition) is 0. The zero-order valence-corrected chi connectivity index (χ0v) is 21.6. The van der Waals surface area contributed by atoms with Crippen molar-refractivity contribution in [2.24, 2.45) is 0 Å². The van der Waals surface area contributed by atoms with E-state index in [0.29, 0.717) is 6.92 Å². The van der Waals surface area contributed by atoms with Crippen molar-refractivity contribution in [3.05, 3.63) is 0 Å². The van der Waals surface area contributed by atoms with Crippen LogP contribution < -0.4 is 0 Å². The summed E-state index contributed by atoms with van der Waals surface area (Å²) in [5, 5.41) is 0. The largest absolute Gasteiger partial charge is 0.460 e. The van der Waals surface area contributed by atoms with Crippen molar-refractivity contribution in [3.8, 4) is 0 Å². The van der Waals surface area contributed by atoms with Gasteiger partial charge in [-0.2, -0.15) is 136 Å². The molecule has 0 aromatic heterocycles. The average Bonchev–Trinajstić information content (AvgIpc) is 2.86. The Balaban J connectivity index is 7.62. The lowest BCUT2D eigenvalue weighted by Crippen LogP contribution is -2.79. The van der Waals surface area contributed by atoms with Gasteiger partial charge in [-0.05, 0) is 0 Å². The van der Waals surface area contributed by atoms with Crippen LogP contribution in [-0.2, 0) is 0 Å². The summed E-state index contributed by atoms with van der Waals surface area (Å²) in [6.45, 7) is 0.296. The quantitative estimate of drug-likeness (QED) is 0.145. The highest BCUT2D eigenvalue weighted by Gasteiger charge is 3.01. The molecular formula is C18H7F31. The van der Waals surface area contributed by atoms with Gasteiger partial charge in [-0.25, -0.2) is 0 Å². The minimum atomic E-state index is -10.0. The molecule has 296 valence electrons. The highest BCUT2D eigenvalue weighted by molar-refractivity contribution is 5.21. The fraction of sp³-hybridized carbons (Fsp3) is 1.00. The van der Waals surface area contributed by atoms with E-state index in [-0.39, 0.29) is 0 Å². The molecule has 0 heterocycles. The smallest absolute Gasteiger partial charge is 0.200 e. The molecule has 0 aliphatic heterocycles. The van der Waals surface area contributed by atoms with Crippen LogP contribution in [0.5, 0.6) is 0 Å². The van der Waals surface area contributed by atoms with Crippen molar-refractivity contribution in [1.29, 1.82) is 0 Å². The number of alkyl halides is 31. The van der Waals surface area contributed by atoms with Gasteiger partial charge in [-0.15, -0.1) is 0 Å². The van der Waals surface area contributed by atoms with E-state index >= 15 is 0 Å². The lowest BCUT2D eigenvalue weighted by molar-refractivity contribution is -0.489. The standard InChI is InChI=1S/C18H7F31/c1-2-3-4(19,20)5(21,22)6(23,24)7(25,26)8(27,28)9(29,30)10(31,32)11(33,34)12(35,36)13(37,38)14(39,40)15(41,42)16(43,44)17(45,46)18(47,48)49/h2-3H2,1H3. The summed E-state index contributed by atoms with van der Waals surface area (Å²) in [5.74, 6) is -131. The van der Waals surface area contributed by atoms with E-state index in [1.165, 1.54) is 0 Å². The van der Waals surface area contributed by atoms with Crippen LogP contribution in [0.3, 0.4) is 0 Å². The molecule has 0 saturated carbocycles. The fourth-order valence-corrected chi connectivity index (χ4v) is 3.05. The van der Waals surface area contributed by atoms with Gasteiger partial charge in [0.15, 0.2) is 0 Å². The molecule has 0 aromatic carbocycles. The van der Waals surface area contributed by atoms with Crippen LogP contribution in [0.4, 0.5) is 136 Å². The number of rotatable bonds is 15. The van der Waals surface area contributed by atoms with Gasteiger partial charge in [-0.3, -0.25) is 0 Å². The highest BCUT2D eigenvalue weighted by Crippen LogP contribution is 2.69. The Morgan fingerprint density at radius 3 is 0.510 bits per heavy atom. The molecule has 31 heteroatoms. The molecular weight excluding hydrogens is 805 g/mol. The maximum atomic E-state index is 13.8. The van der Waals surface area contributed by atoms with Crippen LogP contribution in [0.2, 0.25) is 0 Å². The average molecular weight is 812 g/mol. The van der Waals surface area contributed by atoms with E-state index in [1.807, 2.05) is 0 Å². The van der Waals surface area contributed by atoms with E-state index < -0.39 is 102 Å². The Kier molecular flexibility index (Phi) is 10.9. The molecule has 0 aliphatic rings. The molecule has 0 fully saturated rings. The molecule has 49 heavy (non-hydrogen) atoms. The Morgan fingerprint density at radius 2 is 0.367 bits per heavy atom. The first-order chi connectivity index (χ1) is 20.6. The minimum Gasteiger partial charge on any atom is -0.200 e. The van der Waals surface area contributed by atoms with E-state index in [4.69, 9.17) is 0 Å². The zero-order valence-electron chi connectivity index (χ0n) is 21.6. The molecule has 0 N–H and O–H groups in total. The highest BCUT2D eigenvalue weighted by atomic mass is 19.4. The Morgan fingerprint density at radius 1 is 0.224 bits per heavy atom. The summed E-state index contributed by atoms with van der Waals surface area (Å²) in [6, 6.07) is 0. The number of hydrogen-bond acceptors (Lipinski definition) is 0. The van der Waals surface area contributed by atoms with Crippen molar-refractivity contribution in [2.45, 2.75) is 109 Å². The van der Waals surface area contributed by atoms with Gasteiger partial charge in [0.25, 0.3) is 0 Å². The van der Waals surface area contributed by atoms with Crippen LogP contribution in [0.15, 0.2) is 0 Å². The predicted octanol–water partition coefficient (Wildman–Crippen LogP) is 11.2.